The zero-order chi connectivity index (χ0) is 22.2. The molecule has 0 saturated carbocycles. The maximum Gasteiger partial charge on any atom is 0.337 e. The fourth-order valence-electron chi connectivity index (χ4n) is 3.67. The molecule has 1 aromatic heterocycles. The van der Waals surface area contributed by atoms with Gasteiger partial charge in [0, 0.05) is 28.6 Å². The molecule has 0 aliphatic rings. The van der Waals surface area contributed by atoms with Gasteiger partial charge in [-0.25, -0.2) is 14.6 Å². The fourth-order valence-corrected chi connectivity index (χ4v) is 4.28. The summed E-state index contributed by atoms with van der Waals surface area (Å²) in [6.45, 7) is 4.79. The van der Waals surface area contributed by atoms with Gasteiger partial charge in [0.2, 0.25) is 0 Å². The van der Waals surface area contributed by atoms with Crippen molar-refractivity contribution in [3.8, 4) is 22.4 Å². The molecule has 7 nitrogen and oxygen atoms in total. The van der Waals surface area contributed by atoms with Crippen LogP contribution in [0.15, 0.2) is 29.6 Å². The van der Waals surface area contributed by atoms with E-state index in [0.717, 1.165) is 5.56 Å². The van der Waals surface area contributed by atoms with Crippen molar-refractivity contribution in [3.63, 3.8) is 0 Å². The van der Waals surface area contributed by atoms with Crippen LogP contribution in [0.3, 0.4) is 0 Å². The Bertz CT molecular complexity index is 1200. The van der Waals surface area contributed by atoms with Crippen molar-refractivity contribution >= 4 is 29.1 Å². The maximum absolute atomic E-state index is 12.6. The Morgan fingerprint density at radius 2 is 1.70 bits per heavy atom. The highest BCUT2D eigenvalue weighted by atomic mass is 32.1. The average Bonchev–Trinajstić information content (AvgIpc) is 3.12. The summed E-state index contributed by atoms with van der Waals surface area (Å²) in [6.07, 6.45) is 0. The van der Waals surface area contributed by atoms with Crippen LogP contribution in [0, 0.1) is 13.8 Å². The molecule has 154 valence electrons. The first-order valence-electron chi connectivity index (χ1n) is 9.07. The predicted molar refractivity (Wildman–Crippen MR) is 114 cm³/mol. The molecular formula is C22H20N2O5S. The summed E-state index contributed by atoms with van der Waals surface area (Å²) in [5.41, 5.74) is 7.17. The van der Waals surface area contributed by atoms with Gasteiger partial charge in [-0.3, -0.25) is 4.79 Å². The second kappa shape index (κ2) is 8.17. The number of carboxylic acid groups (broad SMARTS) is 2. The van der Waals surface area contributed by atoms with Crippen LogP contribution >= 0.6 is 11.3 Å². The average molecular weight is 424 g/mol. The van der Waals surface area contributed by atoms with Crippen molar-refractivity contribution < 1.29 is 24.6 Å². The molecule has 3 aromatic rings. The van der Waals surface area contributed by atoms with E-state index in [-0.39, 0.29) is 45.6 Å². The molecule has 0 saturated heterocycles. The van der Waals surface area contributed by atoms with Crippen molar-refractivity contribution in [3.05, 3.63) is 62.5 Å². The summed E-state index contributed by atoms with van der Waals surface area (Å²) in [5.74, 6) is -3.08. The first kappa shape index (κ1) is 21.4. The zero-order valence-electron chi connectivity index (χ0n) is 16.6. The summed E-state index contributed by atoms with van der Waals surface area (Å²) >= 11 is 1.28. The van der Waals surface area contributed by atoms with Crippen molar-refractivity contribution in [2.75, 3.05) is 0 Å². The number of rotatable bonds is 6. The highest BCUT2D eigenvalue weighted by Crippen LogP contribution is 2.41. The molecule has 1 heterocycles. The normalized spacial score (nSPS) is 10.8. The number of aromatic carboxylic acids is 2. The molecule has 30 heavy (non-hydrogen) atoms. The molecule has 8 heteroatoms. The number of carboxylic acids is 2. The number of Topliss-reactive ketones (excluding diaryl/α,β-unsaturated/α-hetero) is 1. The van der Waals surface area contributed by atoms with E-state index in [4.69, 9.17) is 5.73 Å². The molecule has 0 amide bonds. The van der Waals surface area contributed by atoms with E-state index < -0.39 is 17.7 Å². The van der Waals surface area contributed by atoms with Gasteiger partial charge in [0.25, 0.3) is 0 Å². The lowest BCUT2D eigenvalue weighted by atomic mass is 9.81. The largest absolute Gasteiger partial charge is 0.478 e. The second-order valence-electron chi connectivity index (χ2n) is 6.82. The molecule has 3 rings (SSSR count). The van der Waals surface area contributed by atoms with E-state index >= 15 is 0 Å². The molecule has 0 fully saturated rings. The van der Waals surface area contributed by atoms with Gasteiger partial charge >= 0.3 is 11.9 Å². The van der Waals surface area contributed by atoms with Crippen LogP contribution in [0.25, 0.3) is 22.4 Å². The molecule has 2 aromatic carbocycles. The number of nitrogens with zero attached hydrogens (tertiary/aromatic N) is 1. The number of aromatic nitrogens is 1. The molecule has 4 N–H and O–H groups in total. The SMILES string of the molecule is CC(=O)c1c(C)c(C(=O)O)c(-c2csc(C)n2)c(C(=O)O)c1-c1cccc(CN)c1. The number of hydrogen-bond acceptors (Lipinski definition) is 6. The third-order valence-electron chi connectivity index (χ3n) is 4.86. The van der Waals surface area contributed by atoms with Crippen LogP contribution in [-0.2, 0) is 6.54 Å². The lowest BCUT2D eigenvalue weighted by molar-refractivity contribution is 0.0695. The van der Waals surface area contributed by atoms with Crippen LogP contribution in [0.4, 0.5) is 0 Å². The van der Waals surface area contributed by atoms with Gasteiger partial charge in [-0.1, -0.05) is 18.2 Å². The van der Waals surface area contributed by atoms with Crippen LogP contribution in [0.1, 0.15) is 54.1 Å². The van der Waals surface area contributed by atoms with Gasteiger partial charge in [-0.15, -0.1) is 11.3 Å². The molecular weight excluding hydrogens is 404 g/mol. The van der Waals surface area contributed by atoms with E-state index in [1.165, 1.54) is 25.2 Å². The Labute approximate surface area is 176 Å². The highest BCUT2D eigenvalue weighted by Gasteiger charge is 2.32. The number of carbonyl (C=O) groups is 3. The molecule has 0 bridgehead atoms. The lowest BCUT2D eigenvalue weighted by Gasteiger charge is -2.21. The van der Waals surface area contributed by atoms with Crippen LogP contribution in [0.2, 0.25) is 0 Å². The van der Waals surface area contributed by atoms with Crippen molar-refractivity contribution in [1.82, 2.24) is 4.98 Å². The third-order valence-corrected chi connectivity index (χ3v) is 5.63. The second-order valence-corrected chi connectivity index (χ2v) is 7.88. The Balaban J connectivity index is 2.61. The van der Waals surface area contributed by atoms with E-state index in [1.54, 1.807) is 36.6 Å². The van der Waals surface area contributed by atoms with Gasteiger partial charge in [0.15, 0.2) is 5.78 Å². The Hall–Kier alpha value is -3.36. The minimum atomic E-state index is -1.34. The summed E-state index contributed by atoms with van der Waals surface area (Å²) in [6, 6.07) is 6.91. The van der Waals surface area contributed by atoms with Gasteiger partial charge in [0.05, 0.1) is 21.8 Å². The van der Waals surface area contributed by atoms with Gasteiger partial charge in [0.1, 0.15) is 0 Å². The number of nitrogens with two attached hydrogens (primary N) is 1. The highest BCUT2D eigenvalue weighted by molar-refractivity contribution is 7.09. The third kappa shape index (κ3) is 3.62. The van der Waals surface area contributed by atoms with Crippen LogP contribution < -0.4 is 5.73 Å². The number of aryl methyl sites for hydroxylation is 1. The number of carbonyl (C=O) groups excluding carboxylic acids is 1. The quantitative estimate of drug-likeness (QED) is 0.507. The Morgan fingerprint density at radius 3 is 2.20 bits per heavy atom. The molecule has 0 aliphatic carbocycles. The van der Waals surface area contributed by atoms with E-state index in [0.29, 0.717) is 10.6 Å². The number of thiazole rings is 1. The zero-order valence-corrected chi connectivity index (χ0v) is 17.5. The first-order valence-corrected chi connectivity index (χ1v) is 9.95. The monoisotopic (exact) mass is 424 g/mol. The molecule has 0 atom stereocenters. The molecule has 0 spiro atoms. The summed E-state index contributed by atoms with van der Waals surface area (Å²) in [4.78, 5) is 41.6. The molecule has 0 radical (unpaired) electrons. The van der Waals surface area contributed by atoms with Gasteiger partial charge in [-0.05, 0) is 43.5 Å². The standard InChI is InChI=1S/C22H20N2O5S/c1-10-16(11(2)25)18(14-6-4-5-13(7-14)8-23)20(22(28)29)19(17(10)21(26)27)15-9-30-12(3)24-15/h4-7,9H,8,23H2,1-3H3,(H,26,27)(H,28,29). The number of hydrogen-bond donors (Lipinski definition) is 3. The van der Waals surface area contributed by atoms with Crippen LogP contribution in [-0.4, -0.2) is 32.9 Å². The minimum absolute atomic E-state index is 0.00463. The van der Waals surface area contributed by atoms with E-state index in [2.05, 4.69) is 4.98 Å². The predicted octanol–water partition coefficient (Wildman–Crippen LogP) is 4.15. The molecule has 0 unspecified atom stereocenters. The Kier molecular flexibility index (Phi) is 5.82. The number of ketones is 1. The summed E-state index contributed by atoms with van der Waals surface area (Å²) in [5, 5.41) is 22.4. The Morgan fingerprint density at radius 1 is 1.03 bits per heavy atom. The molecule has 0 aliphatic heterocycles. The van der Waals surface area contributed by atoms with Crippen molar-refractivity contribution in [1.29, 1.82) is 0 Å². The maximum atomic E-state index is 12.6. The summed E-state index contributed by atoms with van der Waals surface area (Å²) < 4.78 is 0. The van der Waals surface area contributed by atoms with Crippen LogP contribution in [0.5, 0.6) is 0 Å². The smallest absolute Gasteiger partial charge is 0.337 e. The van der Waals surface area contributed by atoms with Crippen molar-refractivity contribution in [2.45, 2.75) is 27.3 Å². The minimum Gasteiger partial charge on any atom is -0.478 e. The van der Waals surface area contributed by atoms with Crippen molar-refractivity contribution in [2.24, 2.45) is 5.73 Å². The van der Waals surface area contributed by atoms with Gasteiger partial charge in [-0.2, -0.15) is 0 Å². The number of benzene rings is 2. The fraction of sp³-hybridized carbons (Fsp3) is 0.182. The van der Waals surface area contributed by atoms with E-state index in [9.17, 15) is 24.6 Å². The topological polar surface area (TPSA) is 131 Å². The first-order chi connectivity index (χ1) is 14.2. The lowest BCUT2D eigenvalue weighted by Crippen LogP contribution is -2.16. The van der Waals surface area contributed by atoms with Gasteiger partial charge < -0.3 is 15.9 Å². The van der Waals surface area contributed by atoms with E-state index in [1.807, 2.05) is 0 Å². The summed E-state index contributed by atoms with van der Waals surface area (Å²) in [7, 11) is 0.